The van der Waals surface area contributed by atoms with Crippen LogP contribution in [-0.4, -0.2) is 35.0 Å². The molecule has 6 heteroatoms. The SMILES string of the molecule is CCC(C)NC(=O)CCN(CCc1ccccc1)c1nc(-c2cccs2)nc2ccccc12. The van der Waals surface area contributed by atoms with Gasteiger partial charge in [0.15, 0.2) is 5.82 Å². The second-order valence-electron chi connectivity index (χ2n) is 8.21. The van der Waals surface area contributed by atoms with Gasteiger partial charge < -0.3 is 10.2 Å². The summed E-state index contributed by atoms with van der Waals surface area (Å²) in [5.41, 5.74) is 2.18. The number of anilines is 1. The van der Waals surface area contributed by atoms with Gasteiger partial charge in [-0.05, 0) is 48.9 Å². The Morgan fingerprint density at radius 3 is 2.55 bits per heavy atom. The molecule has 0 fully saturated rings. The van der Waals surface area contributed by atoms with E-state index in [9.17, 15) is 4.79 Å². The number of carbonyl (C=O) groups excluding carboxylic acids is 1. The Kier molecular flexibility index (Phi) is 7.68. The minimum atomic E-state index is 0.0749. The summed E-state index contributed by atoms with van der Waals surface area (Å²) in [5, 5.41) is 6.13. The van der Waals surface area contributed by atoms with Gasteiger partial charge in [-0.3, -0.25) is 4.79 Å². The Hall–Kier alpha value is -3.25. The third-order valence-corrected chi connectivity index (χ3v) is 6.63. The Bertz CT molecular complexity index is 1180. The molecule has 5 nitrogen and oxygen atoms in total. The molecule has 0 aliphatic carbocycles. The number of nitrogens with one attached hydrogen (secondary N) is 1. The summed E-state index contributed by atoms with van der Waals surface area (Å²) in [6.07, 6.45) is 2.22. The normalized spacial score (nSPS) is 11.9. The summed E-state index contributed by atoms with van der Waals surface area (Å²) in [7, 11) is 0. The highest BCUT2D eigenvalue weighted by atomic mass is 32.1. The predicted octanol–water partition coefficient (Wildman–Crippen LogP) is 5.71. The largest absolute Gasteiger partial charge is 0.355 e. The summed E-state index contributed by atoms with van der Waals surface area (Å²) in [6, 6.07) is 22.8. The second kappa shape index (κ2) is 11.1. The first kappa shape index (κ1) is 22.9. The average molecular weight is 459 g/mol. The molecule has 4 rings (SSSR count). The Balaban J connectivity index is 1.66. The van der Waals surface area contributed by atoms with Crippen molar-refractivity contribution < 1.29 is 4.79 Å². The molecule has 170 valence electrons. The number of benzene rings is 2. The number of hydrogen-bond donors (Lipinski definition) is 1. The van der Waals surface area contributed by atoms with Gasteiger partial charge in [0, 0.05) is 30.9 Å². The zero-order chi connectivity index (χ0) is 23.0. The zero-order valence-corrected chi connectivity index (χ0v) is 20.0. The molecule has 1 N–H and O–H groups in total. The molecule has 2 aromatic heterocycles. The van der Waals surface area contributed by atoms with E-state index in [2.05, 4.69) is 47.5 Å². The highest BCUT2D eigenvalue weighted by molar-refractivity contribution is 7.13. The van der Waals surface area contributed by atoms with Crippen LogP contribution in [0.3, 0.4) is 0 Å². The van der Waals surface area contributed by atoms with Crippen molar-refractivity contribution in [2.24, 2.45) is 0 Å². The van der Waals surface area contributed by atoms with E-state index in [4.69, 9.17) is 9.97 Å². The maximum absolute atomic E-state index is 12.6. The molecule has 2 heterocycles. The van der Waals surface area contributed by atoms with Gasteiger partial charge in [-0.2, -0.15) is 0 Å². The lowest BCUT2D eigenvalue weighted by atomic mass is 10.1. The molecule has 0 bridgehead atoms. The minimum absolute atomic E-state index is 0.0749. The maximum atomic E-state index is 12.6. The van der Waals surface area contributed by atoms with Crippen molar-refractivity contribution in [3.63, 3.8) is 0 Å². The van der Waals surface area contributed by atoms with Gasteiger partial charge in [-0.25, -0.2) is 9.97 Å². The van der Waals surface area contributed by atoms with Gasteiger partial charge in [-0.15, -0.1) is 11.3 Å². The van der Waals surface area contributed by atoms with Gasteiger partial charge in [0.05, 0.1) is 10.4 Å². The highest BCUT2D eigenvalue weighted by Crippen LogP contribution is 2.29. The molecule has 4 aromatic rings. The van der Waals surface area contributed by atoms with E-state index in [1.807, 2.05) is 48.7 Å². The van der Waals surface area contributed by atoms with E-state index < -0.39 is 0 Å². The van der Waals surface area contributed by atoms with Crippen LogP contribution in [0.25, 0.3) is 21.6 Å². The molecule has 0 aliphatic heterocycles. The first-order valence-corrected chi connectivity index (χ1v) is 12.4. The summed E-state index contributed by atoms with van der Waals surface area (Å²) >= 11 is 1.64. The number of nitrogens with zero attached hydrogens (tertiary/aromatic N) is 3. The van der Waals surface area contributed by atoms with Gasteiger partial charge in [0.1, 0.15) is 5.82 Å². The average Bonchev–Trinajstić information content (AvgIpc) is 3.39. The number of rotatable bonds is 10. The molecule has 0 saturated carbocycles. The molecule has 1 unspecified atom stereocenters. The summed E-state index contributed by atoms with van der Waals surface area (Å²) in [4.78, 5) is 25.7. The third-order valence-electron chi connectivity index (χ3n) is 5.77. The van der Waals surface area contributed by atoms with Gasteiger partial charge in [0.2, 0.25) is 5.91 Å². The summed E-state index contributed by atoms with van der Waals surface area (Å²) in [6.45, 7) is 5.48. The number of aromatic nitrogens is 2. The van der Waals surface area contributed by atoms with E-state index in [-0.39, 0.29) is 11.9 Å². The molecule has 0 aliphatic rings. The Labute approximate surface area is 199 Å². The van der Waals surface area contributed by atoms with Gasteiger partial charge in [0.25, 0.3) is 0 Å². The Morgan fingerprint density at radius 2 is 1.79 bits per heavy atom. The molecule has 1 atom stereocenters. The number of fused-ring (bicyclic) bond motifs is 1. The maximum Gasteiger partial charge on any atom is 0.221 e. The van der Waals surface area contributed by atoms with Crippen molar-refractivity contribution in [2.45, 2.75) is 39.2 Å². The number of carbonyl (C=O) groups is 1. The topological polar surface area (TPSA) is 58.1 Å². The number of para-hydroxylation sites is 1. The first-order valence-electron chi connectivity index (χ1n) is 11.5. The van der Waals surface area contributed by atoms with Crippen LogP contribution in [0.1, 0.15) is 32.3 Å². The van der Waals surface area contributed by atoms with Crippen LogP contribution in [0.15, 0.2) is 72.1 Å². The number of amides is 1. The van der Waals surface area contributed by atoms with E-state index in [0.29, 0.717) is 13.0 Å². The fourth-order valence-corrected chi connectivity index (χ4v) is 4.39. The smallest absolute Gasteiger partial charge is 0.221 e. The van der Waals surface area contributed by atoms with E-state index in [1.165, 1.54) is 5.56 Å². The van der Waals surface area contributed by atoms with Crippen molar-refractivity contribution in [3.8, 4) is 10.7 Å². The number of thiophene rings is 1. The molecule has 0 radical (unpaired) electrons. The van der Waals surface area contributed by atoms with E-state index in [0.717, 1.165) is 46.8 Å². The lowest BCUT2D eigenvalue weighted by molar-refractivity contribution is -0.121. The standard InChI is InChI=1S/C27H30N4OS/c1-3-20(2)28-25(32)16-18-31(17-15-21-10-5-4-6-11-21)27-22-12-7-8-13-23(22)29-26(30-27)24-14-9-19-33-24/h4-14,19-20H,3,15-18H2,1-2H3,(H,28,32). The minimum Gasteiger partial charge on any atom is -0.355 e. The van der Waals surface area contributed by atoms with Crippen LogP contribution in [-0.2, 0) is 11.2 Å². The molecular formula is C27H30N4OS. The van der Waals surface area contributed by atoms with Crippen LogP contribution in [0.2, 0.25) is 0 Å². The lowest BCUT2D eigenvalue weighted by Gasteiger charge is -2.26. The second-order valence-corrected chi connectivity index (χ2v) is 9.16. The van der Waals surface area contributed by atoms with Crippen molar-refractivity contribution in [1.29, 1.82) is 0 Å². The van der Waals surface area contributed by atoms with Crippen molar-refractivity contribution in [2.75, 3.05) is 18.0 Å². The van der Waals surface area contributed by atoms with Crippen LogP contribution >= 0.6 is 11.3 Å². The van der Waals surface area contributed by atoms with E-state index >= 15 is 0 Å². The zero-order valence-electron chi connectivity index (χ0n) is 19.2. The first-order chi connectivity index (χ1) is 16.1. The molecular weight excluding hydrogens is 428 g/mol. The van der Waals surface area contributed by atoms with Crippen LogP contribution in [0.5, 0.6) is 0 Å². The molecule has 0 spiro atoms. The van der Waals surface area contributed by atoms with Crippen LogP contribution in [0.4, 0.5) is 5.82 Å². The summed E-state index contributed by atoms with van der Waals surface area (Å²) < 4.78 is 0. The summed E-state index contributed by atoms with van der Waals surface area (Å²) in [5.74, 6) is 1.69. The van der Waals surface area contributed by atoms with Crippen LogP contribution < -0.4 is 10.2 Å². The third kappa shape index (κ3) is 5.96. The fraction of sp³-hybridized carbons (Fsp3) is 0.296. The van der Waals surface area contributed by atoms with Gasteiger partial charge in [-0.1, -0.05) is 55.5 Å². The van der Waals surface area contributed by atoms with Crippen molar-refractivity contribution >= 4 is 34.0 Å². The monoisotopic (exact) mass is 458 g/mol. The van der Waals surface area contributed by atoms with Crippen molar-refractivity contribution in [3.05, 3.63) is 77.7 Å². The highest BCUT2D eigenvalue weighted by Gasteiger charge is 2.17. The fourth-order valence-electron chi connectivity index (χ4n) is 3.73. The molecule has 0 saturated heterocycles. The van der Waals surface area contributed by atoms with Crippen molar-refractivity contribution in [1.82, 2.24) is 15.3 Å². The molecule has 33 heavy (non-hydrogen) atoms. The van der Waals surface area contributed by atoms with Gasteiger partial charge >= 0.3 is 0 Å². The Morgan fingerprint density at radius 1 is 1.00 bits per heavy atom. The predicted molar refractivity (Wildman–Crippen MR) is 138 cm³/mol. The van der Waals surface area contributed by atoms with E-state index in [1.54, 1.807) is 11.3 Å². The molecule has 1 amide bonds. The van der Waals surface area contributed by atoms with Crippen LogP contribution in [0, 0.1) is 0 Å². The molecule has 2 aromatic carbocycles. The lowest BCUT2D eigenvalue weighted by Crippen LogP contribution is -2.36. The quantitative estimate of drug-likeness (QED) is 0.331. The number of hydrogen-bond acceptors (Lipinski definition) is 5.